The summed E-state index contributed by atoms with van der Waals surface area (Å²) >= 11 is 1.33. The molecule has 38 heavy (non-hydrogen) atoms. The molecule has 4 aliphatic heterocycles. The summed E-state index contributed by atoms with van der Waals surface area (Å²) in [5, 5.41) is 2.93. The Kier molecular flexibility index (Phi) is 5.27. The minimum atomic E-state index is -1.60. The first-order chi connectivity index (χ1) is 18.2. The van der Waals surface area contributed by atoms with E-state index in [0.29, 0.717) is 16.6 Å². The first-order valence-corrected chi connectivity index (χ1v) is 14.1. The predicted octanol–water partition coefficient (Wildman–Crippen LogP) is 3.70. The van der Waals surface area contributed by atoms with E-state index < -0.39 is 47.4 Å². The first-order valence-electron chi connectivity index (χ1n) is 13.2. The van der Waals surface area contributed by atoms with E-state index in [-0.39, 0.29) is 46.9 Å². The number of imide groups is 1. The predicted molar refractivity (Wildman–Crippen MR) is 138 cm³/mol. The van der Waals surface area contributed by atoms with Gasteiger partial charge in [-0.3, -0.25) is 29.4 Å². The Bertz CT molecular complexity index is 1400. The van der Waals surface area contributed by atoms with E-state index in [4.69, 9.17) is 9.15 Å². The van der Waals surface area contributed by atoms with Crippen LogP contribution in [-0.2, 0) is 25.5 Å². The number of fused-ring (bicyclic) bond motifs is 6. The molecule has 1 aromatic carbocycles. The van der Waals surface area contributed by atoms with Crippen LogP contribution in [0.4, 0.5) is 20.6 Å². The minimum Gasteiger partial charge on any atom is -0.459 e. The van der Waals surface area contributed by atoms with Gasteiger partial charge in [-0.25, -0.2) is 4.39 Å². The molecular formula is C27H28FN3O6S. The number of furan rings is 1. The number of halogens is 1. The van der Waals surface area contributed by atoms with Crippen molar-refractivity contribution >= 4 is 56.9 Å². The van der Waals surface area contributed by atoms with Gasteiger partial charge in [0.05, 0.1) is 42.1 Å². The van der Waals surface area contributed by atoms with Gasteiger partial charge >= 0.3 is 0 Å². The molecule has 1 N–H and O–H groups in total. The van der Waals surface area contributed by atoms with Crippen molar-refractivity contribution in [2.45, 2.75) is 81.9 Å². The van der Waals surface area contributed by atoms with E-state index in [1.807, 2.05) is 6.92 Å². The monoisotopic (exact) mass is 541 g/mol. The SMILES string of the molecule is C[C@@H]1CN2c3c(cc4c(N5C(=O)S[C@H]6CCCC[C@H]65)coc4c3F)CC3(C(=O)CC(=O)NC3=O)[C@H]2[C@H](C)O1. The lowest BCUT2D eigenvalue weighted by Gasteiger charge is -2.55. The summed E-state index contributed by atoms with van der Waals surface area (Å²) in [6.45, 7) is 3.90. The van der Waals surface area contributed by atoms with Crippen LogP contribution in [-0.4, -0.2) is 58.9 Å². The zero-order valence-electron chi connectivity index (χ0n) is 21.1. The van der Waals surface area contributed by atoms with Gasteiger partial charge in [0.1, 0.15) is 11.7 Å². The van der Waals surface area contributed by atoms with Gasteiger partial charge in [-0.1, -0.05) is 24.6 Å². The summed E-state index contributed by atoms with van der Waals surface area (Å²) in [6.07, 6.45) is 4.05. The van der Waals surface area contributed by atoms with Crippen LogP contribution >= 0.6 is 11.8 Å². The minimum absolute atomic E-state index is 0.0227. The number of thioether (sulfide) groups is 1. The number of carbonyl (C=O) groups is 4. The zero-order chi connectivity index (χ0) is 26.5. The van der Waals surface area contributed by atoms with Gasteiger partial charge in [0, 0.05) is 17.2 Å². The standard InChI is InChI=1S/C27H28FN3O6S/c1-12-10-30-22-14(9-27(24(30)13(2)37-12)19(32)8-20(33)29-25(27)34)7-15-17(11-36-23(15)21(22)28)31-16-5-3-4-6-18(16)38-26(31)35/h7,11-13,16,18,24H,3-6,8-10H2,1-2H3,(H,29,33,34)/t12-,13+,16-,18+,24-,27?/m1/s1. The van der Waals surface area contributed by atoms with Crippen LogP contribution in [0, 0.1) is 11.2 Å². The second-order valence-electron chi connectivity index (χ2n) is 11.2. The number of hydrogen-bond acceptors (Lipinski definition) is 8. The molecule has 2 aromatic rings. The maximum Gasteiger partial charge on any atom is 0.286 e. The zero-order valence-corrected chi connectivity index (χ0v) is 21.9. The Hall–Kier alpha value is -2.92. The fraction of sp³-hybridized carbons (Fsp3) is 0.556. The van der Waals surface area contributed by atoms with Crippen molar-refractivity contribution in [3.8, 4) is 0 Å². The molecule has 1 spiro atoms. The van der Waals surface area contributed by atoms with Gasteiger partial charge in [0.2, 0.25) is 11.8 Å². The molecule has 11 heteroatoms. The Labute approximate surface area is 222 Å². The third kappa shape index (κ3) is 3.14. The number of benzene rings is 1. The quantitative estimate of drug-likeness (QED) is 0.430. The molecule has 0 radical (unpaired) electrons. The molecule has 1 saturated carbocycles. The van der Waals surface area contributed by atoms with Crippen LogP contribution in [0.3, 0.4) is 0 Å². The van der Waals surface area contributed by atoms with E-state index in [1.165, 1.54) is 18.0 Å². The second kappa shape index (κ2) is 8.29. The van der Waals surface area contributed by atoms with Gasteiger partial charge in [0.25, 0.3) is 5.24 Å². The van der Waals surface area contributed by atoms with Crippen molar-refractivity contribution in [3.63, 3.8) is 0 Å². The highest BCUT2D eigenvalue weighted by molar-refractivity contribution is 8.14. The van der Waals surface area contributed by atoms with E-state index in [2.05, 4.69) is 5.32 Å². The maximum atomic E-state index is 16.4. The third-order valence-corrected chi connectivity index (χ3v) is 10.2. The molecule has 4 fully saturated rings. The molecule has 7 rings (SSSR count). The van der Waals surface area contributed by atoms with Crippen molar-refractivity contribution < 1.29 is 32.7 Å². The molecule has 1 aromatic heterocycles. The van der Waals surface area contributed by atoms with Crippen molar-refractivity contribution in [1.82, 2.24) is 5.32 Å². The Morgan fingerprint density at radius 1 is 1.16 bits per heavy atom. The summed E-state index contributed by atoms with van der Waals surface area (Å²) in [6, 6.07) is 1.00. The van der Waals surface area contributed by atoms with Crippen molar-refractivity contribution in [3.05, 3.63) is 23.7 Å². The largest absolute Gasteiger partial charge is 0.459 e. The van der Waals surface area contributed by atoms with Gasteiger partial charge in [0.15, 0.2) is 17.2 Å². The van der Waals surface area contributed by atoms with E-state index in [1.54, 1.807) is 22.8 Å². The molecule has 5 aliphatic rings. The van der Waals surface area contributed by atoms with Crippen molar-refractivity contribution in [2.24, 2.45) is 5.41 Å². The molecule has 1 aliphatic carbocycles. The lowest BCUT2D eigenvalue weighted by atomic mass is 9.63. The number of hydrogen-bond donors (Lipinski definition) is 1. The molecule has 9 nitrogen and oxygen atoms in total. The summed E-state index contributed by atoms with van der Waals surface area (Å²) in [7, 11) is 0. The highest BCUT2D eigenvalue weighted by Crippen LogP contribution is 2.52. The first kappa shape index (κ1) is 24.1. The molecule has 1 unspecified atom stereocenters. The average molecular weight is 542 g/mol. The van der Waals surface area contributed by atoms with E-state index >= 15 is 4.39 Å². The summed E-state index contributed by atoms with van der Waals surface area (Å²) < 4.78 is 28.2. The number of piperidine rings is 1. The number of nitrogens with one attached hydrogen (secondary N) is 1. The fourth-order valence-electron chi connectivity index (χ4n) is 7.52. The molecule has 0 bridgehead atoms. The Morgan fingerprint density at radius 3 is 2.74 bits per heavy atom. The molecule has 3 saturated heterocycles. The number of rotatable bonds is 1. The molecule has 3 amide bonds. The normalized spacial score (nSPS) is 35.0. The number of ketones is 1. The van der Waals surface area contributed by atoms with E-state index in [0.717, 1.165) is 25.7 Å². The highest BCUT2D eigenvalue weighted by Gasteiger charge is 2.62. The molecule has 5 heterocycles. The third-order valence-electron chi connectivity index (χ3n) is 8.97. The van der Waals surface area contributed by atoms with Gasteiger partial charge in [-0.05, 0) is 44.7 Å². The van der Waals surface area contributed by atoms with Crippen molar-refractivity contribution in [2.75, 3.05) is 16.3 Å². The summed E-state index contributed by atoms with van der Waals surface area (Å²) in [5.41, 5.74) is -0.271. The average Bonchev–Trinajstić information content (AvgIpc) is 3.41. The Morgan fingerprint density at radius 2 is 1.95 bits per heavy atom. The van der Waals surface area contributed by atoms with Crippen LogP contribution in [0.5, 0.6) is 0 Å². The van der Waals surface area contributed by atoms with E-state index in [9.17, 15) is 19.2 Å². The number of morpholine rings is 1. The Balaban J connectivity index is 1.41. The molecule has 200 valence electrons. The lowest BCUT2D eigenvalue weighted by Crippen LogP contribution is -2.72. The smallest absolute Gasteiger partial charge is 0.286 e. The number of nitrogens with zero attached hydrogens (tertiary/aromatic N) is 2. The number of amides is 3. The fourth-order valence-corrected chi connectivity index (χ4v) is 8.83. The van der Waals surface area contributed by atoms with Crippen LogP contribution in [0.1, 0.15) is 51.5 Å². The topological polar surface area (TPSA) is 109 Å². The van der Waals surface area contributed by atoms with Crippen LogP contribution in [0.15, 0.2) is 16.7 Å². The van der Waals surface area contributed by atoms with Crippen molar-refractivity contribution in [1.29, 1.82) is 0 Å². The van der Waals surface area contributed by atoms with Gasteiger partial charge in [-0.15, -0.1) is 0 Å². The number of Topliss-reactive ketones (excluding diaryl/α,β-unsaturated/α-hetero) is 1. The highest BCUT2D eigenvalue weighted by atomic mass is 32.2. The second-order valence-corrected chi connectivity index (χ2v) is 12.4. The molecular weight excluding hydrogens is 513 g/mol. The summed E-state index contributed by atoms with van der Waals surface area (Å²) in [4.78, 5) is 55.6. The lowest BCUT2D eigenvalue weighted by molar-refractivity contribution is -0.158. The van der Waals surface area contributed by atoms with Crippen LogP contribution in [0.2, 0.25) is 0 Å². The number of carbonyl (C=O) groups excluding carboxylic acids is 4. The van der Waals surface area contributed by atoms with Gasteiger partial charge < -0.3 is 14.1 Å². The number of ether oxygens (including phenoxy) is 1. The maximum absolute atomic E-state index is 16.4. The number of anilines is 2. The summed E-state index contributed by atoms with van der Waals surface area (Å²) in [5.74, 6) is -2.37. The van der Waals surface area contributed by atoms with Gasteiger partial charge in [-0.2, -0.15) is 0 Å². The molecule has 6 atom stereocenters. The van der Waals surface area contributed by atoms with Crippen LogP contribution < -0.4 is 15.1 Å². The van der Waals surface area contributed by atoms with Crippen LogP contribution in [0.25, 0.3) is 11.0 Å².